The van der Waals surface area contributed by atoms with E-state index in [1.807, 2.05) is 0 Å². The second-order valence-electron chi connectivity index (χ2n) is 5.01. The average molecular weight is 243 g/mol. The molecule has 0 radical (unpaired) electrons. The first-order valence-electron chi connectivity index (χ1n) is 7.07. The van der Waals surface area contributed by atoms with Crippen molar-refractivity contribution in [3.8, 4) is 0 Å². The fraction of sp³-hybridized carbons (Fsp3) is 0.929. The zero-order valence-corrected chi connectivity index (χ0v) is 11.8. The Bertz CT molecular complexity index is 181. The van der Waals surface area contributed by atoms with Gasteiger partial charge in [0.25, 0.3) is 0 Å². The largest absolute Gasteiger partial charge is 0.450 e. The smallest absolute Gasteiger partial charge is 0.407 e. The molecule has 0 aliphatic heterocycles. The van der Waals surface area contributed by atoms with Gasteiger partial charge in [0.1, 0.15) is 0 Å². The van der Waals surface area contributed by atoms with Crippen LogP contribution in [0.3, 0.4) is 0 Å². The number of ether oxygens (including phenoxy) is 1. The first kappa shape index (κ1) is 16.3. The van der Waals surface area contributed by atoms with Gasteiger partial charge in [-0.2, -0.15) is 0 Å². The standard InChI is InChI=1S/C14H29NO2/c1-4-5-6-7-8-9-12-17-14(16)15-11-10-13(2)3/h13H,4-12H2,1-3H3,(H,15,16). The molecule has 0 heterocycles. The van der Waals surface area contributed by atoms with Crippen LogP contribution in [0.1, 0.15) is 65.7 Å². The summed E-state index contributed by atoms with van der Waals surface area (Å²) in [5.74, 6) is 0.619. The Morgan fingerprint density at radius 1 is 1.12 bits per heavy atom. The zero-order valence-electron chi connectivity index (χ0n) is 11.8. The molecule has 0 atom stereocenters. The highest BCUT2D eigenvalue weighted by molar-refractivity contribution is 5.66. The molecule has 1 N–H and O–H groups in total. The molecule has 0 aliphatic carbocycles. The van der Waals surface area contributed by atoms with Gasteiger partial charge in [-0.25, -0.2) is 4.79 Å². The first-order chi connectivity index (χ1) is 8.16. The highest BCUT2D eigenvalue weighted by Crippen LogP contribution is 2.04. The highest BCUT2D eigenvalue weighted by Gasteiger charge is 2.01. The second-order valence-corrected chi connectivity index (χ2v) is 5.01. The van der Waals surface area contributed by atoms with Gasteiger partial charge in [0.15, 0.2) is 0 Å². The first-order valence-corrected chi connectivity index (χ1v) is 7.07. The predicted octanol–water partition coefficient (Wildman–Crippen LogP) is 4.12. The van der Waals surface area contributed by atoms with Crippen LogP contribution in [0.15, 0.2) is 0 Å². The van der Waals surface area contributed by atoms with E-state index in [1.165, 1.54) is 32.1 Å². The number of amides is 1. The minimum absolute atomic E-state index is 0.265. The molecular weight excluding hydrogens is 214 g/mol. The van der Waals surface area contributed by atoms with Crippen molar-refractivity contribution >= 4 is 6.09 Å². The third-order valence-corrected chi connectivity index (χ3v) is 2.72. The molecule has 0 fully saturated rings. The molecular formula is C14H29NO2. The Morgan fingerprint density at radius 2 is 1.76 bits per heavy atom. The van der Waals surface area contributed by atoms with Gasteiger partial charge in [-0.3, -0.25) is 0 Å². The van der Waals surface area contributed by atoms with E-state index in [-0.39, 0.29) is 6.09 Å². The Balaban J connectivity index is 3.16. The zero-order chi connectivity index (χ0) is 12.9. The molecule has 1 amide bonds. The number of carbonyl (C=O) groups is 1. The summed E-state index contributed by atoms with van der Waals surface area (Å²) in [6, 6.07) is 0. The van der Waals surface area contributed by atoms with Crippen molar-refractivity contribution < 1.29 is 9.53 Å². The van der Waals surface area contributed by atoms with Gasteiger partial charge in [0.2, 0.25) is 0 Å². The van der Waals surface area contributed by atoms with Gasteiger partial charge in [-0.1, -0.05) is 52.9 Å². The molecule has 102 valence electrons. The van der Waals surface area contributed by atoms with Crippen LogP contribution in [0.2, 0.25) is 0 Å². The maximum absolute atomic E-state index is 11.2. The molecule has 0 aromatic rings. The number of unbranched alkanes of at least 4 members (excludes halogenated alkanes) is 5. The van der Waals surface area contributed by atoms with E-state index in [0.717, 1.165) is 12.8 Å². The van der Waals surface area contributed by atoms with Gasteiger partial charge in [0.05, 0.1) is 6.61 Å². The summed E-state index contributed by atoms with van der Waals surface area (Å²) >= 11 is 0. The van der Waals surface area contributed by atoms with Gasteiger partial charge >= 0.3 is 6.09 Å². The Labute approximate surface area is 106 Å². The summed E-state index contributed by atoms with van der Waals surface area (Å²) in [6.45, 7) is 7.77. The normalized spacial score (nSPS) is 10.6. The lowest BCUT2D eigenvalue weighted by molar-refractivity contribution is 0.143. The summed E-state index contributed by atoms with van der Waals surface area (Å²) in [7, 11) is 0. The number of hydrogen-bond acceptors (Lipinski definition) is 2. The predicted molar refractivity (Wildman–Crippen MR) is 72.2 cm³/mol. The van der Waals surface area contributed by atoms with Crippen LogP contribution < -0.4 is 5.32 Å². The lowest BCUT2D eigenvalue weighted by Gasteiger charge is -2.08. The van der Waals surface area contributed by atoms with Gasteiger partial charge < -0.3 is 10.1 Å². The van der Waals surface area contributed by atoms with Gasteiger partial charge in [-0.15, -0.1) is 0 Å². The molecule has 3 nitrogen and oxygen atoms in total. The lowest BCUT2D eigenvalue weighted by atomic mass is 10.1. The van der Waals surface area contributed by atoms with Crippen LogP contribution in [0.5, 0.6) is 0 Å². The van der Waals surface area contributed by atoms with Gasteiger partial charge in [0, 0.05) is 6.54 Å². The van der Waals surface area contributed by atoms with Crippen LogP contribution in [0.25, 0.3) is 0 Å². The number of nitrogens with one attached hydrogen (secondary N) is 1. The topological polar surface area (TPSA) is 38.3 Å². The van der Waals surface area contributed by atoms with E-state index < -0.39 is 0 Å². The van der Waals surface area contributed by atoms with Crippen LogP contribution in [-0.2, 0) is 4.74 Å². The fourth-order valence-corrected chi connectivity index (χ4v) is 1.56. The summed E-state index contributed by atoms with van der Waals surface area (Å²) in [5, 5.41) is 2.76. The van der Waals surface area contributed by atoms with Crippen LogP contribution in [0.4, 0.5) is 4.79 Å². The summed E-state index contributed by atoms with van der Waals surface area (Å²) in [6.07, 6.45) is 8.04. The van der Waals surface area contributed by atoms with E-state index in [9.17, 15) is 4.79 Å². The van der Waals surface area contributed by atoms with Crippen LogP contribution in [0, 0.1) is 5.92 Å². The highest BCUT2D eigenvalue weighted by atomic mass is 16.5. The Morgan fingerprint density at radius 3 is 2.41 bits per heavy atom. The monoisotopic (exact) mass is 243 g/mol. The minimum atomic E-state index is -0.265. The molecule has 0 bridgehead atoms. The fourth-order valence-electron chi connectivity index (χ4n) is 1.56. The second kappa shape index (κ2) is 11.7. The van der Waals surface area contributed by atoms with E-state index in [1.54, 1.807) is 0 Å². The minimum Gasteiger partial charge on any atom is -0.450 e. The maximum atomic E-state index is 11.2. The van der Waals surface area contributed by atoms with E-state index in [0.29, 0.717) is 19.1 Å². The summed E-state index contributed by atoms with van der Waals surface area (Å²) in [4.78, 5) is 11.2. The molecule has 0 spiro atoms. The van der Waals surface area contributed by atoms with Crippen molar-refractivity contribution in [1.82, 2.24) is 5.32 Å². The van der Waals surface area contributed by atoms with Crippen LogP contribution >= 0.6 is 0 Å². The molecule has 0 aromatic carbocycles. The Hall–Kier alpha value is -0.730. The summed E-state index contributed by atoms with van der Waals surface area (Å²) < 4.78 is 5.08. The number of alkyl carbamates (subject to hydrolysis) is 1. The van der Waals surface area contributed by atoms with Crippen molar-refractivity contribution in [3.05, 3.63) is 0 Å². The maximum Gasteiger partial charge on any atom is 0.407 e. The Kier molecular flexibility index (Phi) is 11.2. The van der Waals surface area contributed by atoms with E-state index >= 15 is 0 Å². The van der Waals surface area contributed by atoms with E-state index in [2.05, 4.69) is 26.1 Å². The molecule has 0 saturated carbocycles. The molecule has 0 unspecified atom stereocenters. The molecule has 0 aromatic heterocycles. The summed E-state index contributed by atoms with van der Waals surface area (Å²) in [5.41, 5.74) is 0. The van der Waals surface area contributed by atoms with Gasteiger partial charge in [-0.05, 0) is 18.8 Å². The molecule has 3 heteroatoms. The van der Waals surface area contributed by atoms with Crippen molar-refractivity contribution in [3.63, 3.8) is 0 Å². The van der Waals surface area contributed by atoms with Crippen molar-refractivity contribution in [2.75, 3.05) is 13.2 Å². The quantitative estimate of drug-likeness (QED) is 0.586. The van der Waals surface area contributed by atoms with Crippen molar-refractivity contribution in [1.29, 1.82) is 0 Å². The molecule has 0 saturated heterocycles. The number of rotatable bonds is 10. The SMILES string of the molecule is CCCCCCCCOC(=O)NCCC(C)C. The molecule has 17 heavy (non-hydrogen) atoms. The molecule has 0 rings (SSSR count). The number of hydrogen-bond donors (Lipinski definition) is 1. The van der Waals surface area contributed by atoms with Crippen molar-refractivity contribution in [2.45, 2.75) is 65.7 Å². The third-order valence-electron chi connectivity index (χ3n) is 2.72. The lowest BCUT2D eigenvalue weighted by Crippen LogP contribution is -2.26. The van der Waals surface area contributed by atoms with E-state index in [4.69, 9.17) is 4.74 Å². The number of carbonyl (C=O) groups excluding carboxylic acids is 1. The molecule has 0 aliphatic rings. The van der Waals surface area contributed by atoms with Crippen molar-refractivity contribution in [2.24, 2.45) is 5.92 Å². The van der Waals surface area contributed by atoms with Crippen LogP contribution in [-0.4, -0.2) is 19.2 Å². The average Bonchev–Trinajstić information content (AvgIpc) is 2.27. The third kappa shape index (κ3) is 13.2.